The number of carbonyl (C=O) groups is 1. The Hall–Kier alpha value is -2.17. The van der Waals surface area contributed by atoms with Crippen molar-refractivity contribution in [3.63, 3.8) is 0 Å². The predicted molar refractivity (Wildman–Crippen MR) is 58.7 cm³/mol. The van der Waals surface area contributed by atoms with E-state index in [2.05, 4.69) is 14.8 Å². The predicted octanol–water partition coefficient (Wildman–Crippen LogP) is 1.31. The van der Waals surface area contributed by atoms with Crippen molar-refractivity contribution < 1.29 is 9.53 Å². The zero-order valence-corrected chi connectivity index (χ0v) is 8.83. The highest BCUT2D eigenvalue weighted by atomic mass is 16.5. The topological polar surface area (TPSA) is 56.5 Å². The number of esters is 1. The molecule has 2 heterocycles. The van der Waals surface area contributed by atoms with E-state index < -0.39 is 0 Å². The molecule has 5 heteroatoms. The van der Waals surface area contributed by atoms with Crippen molar-refractivity contribution >= 4 is 17.7 Å². The van der Waals surface area contributed by atoms with Crippen LogP contribution in [-0.4, -0.2) is 27.7 Å². The third kappa shape index (κ3) is 2.08. The van der Waals surface area contributed by atoms with Gasteiger partial charge in [-0.1, -0.05) is 6.08 Å². The number of hydrogen-bond acceptors (Lipinski definition) is 4. The second-order valence-corrected chi connectivity index (χ2v) is 3.16. The fraction of sp³-hybridized carbons (Fsp3) is 0.182. The van der Waals surface area contributed by atoms with Crippen molar-refractivity contribution in [2.45, 2.75) is 6.42 Å². The average molecular weight is 217 g/mol. The van der Waals surface area contributed by atoms with Gasteiger partial charge in [-0.3, -0.25) is 4.79 Å². The number of ether oxygens (including phenoxy) is 1. The molecule has 0 aliphatic carbocycles. The van der Waals surface area contributed by atoms with Crippen LogP contribution in [0.25, 0.3) is 11.7 Å². The lowest BCUT2D eigenvalue weighted by atomic mass is 10.3. The second-order valence-electron chi connectivity index (χ2n) is 3.16. The van der Waals surface area contributed by atoms with Gasteiger partial charge >= 0.3 is 5.97 Å². The van der Waals surface area contributed by atoms with Gasteiger partial charge in [-0.05, 0) is 18.2 Å². The molecule has 0 fully saturated rings. The Morgan fingerprint density at radius 1 is 1.62 bits per heavy atom. The molecule has 0 saturated carbocycles. The van der Waals surface area contributed by atoms with Crippen molar-refractivity contribution in [3.05, 3.63) is 36.3 Å². The molecule has 2 rings (SSSR count). The molecular weight excluding hydrogens is 206 g/mol. The lowest BCUT2D eigenvalue weighted by Crippen LogP contribution is -1.97. The van der Waals surface area contributed by atoms with E-state index in [1.807, 2.05) is 12.1 Å². The van der Waals surface area contributed by atoms with Crippen LogP contribution < -0.4 is 0 Å². The first-order valence-electron chi connectivity index (χ1n) is 4.83. The van der Waals surface area contributed by atoms with Crippen LogP contribution in [0.1, 0.15) is 12.1 Å². The van der Waals surface area contributed by atoms with Crippen molar-refractivity contribution in [1.29, 1.82) is 0 Å². The van der Waals surface area contributed by atoms with Crippen LogP contribution in [0.5, 0.6) is 0 Å². The number of rotatable bonds is 3. The van der Waals surface area contributed by atoms with Gasteiger partial charge in [0.2, 0.25) is 0 Å². The fourth-order valence-corrected chi connectivity index (χ4v) is 1.32. The molecule has 0 aromatic carbocycles. The maximum atomic E-state index is 10.9. The Balaban J connectivity index is 2.18. The van der Waals surface area contributed by atoms with Crippen molar-refractivity contribution in [1.82, 2.24) is 14.6 Å². The molecule has 0 bridgehead atoms. The number of hydrogen-bond donors (Lipinski definition) is 0. The van der Waals surface area contributed by atoms with Crippen LogP contribution >= 0.6 is 0 Å². The summed E-state index contributed by atoms with van der Waals surface area (Å²) in [6, 6.07) is 3.69. The van der Waals surface area contributed by atoms with Crippen LogP contribution in [0.2, 0.25) is 0 Å². The lowest BCUT2D eigenvalue weighted by Gasteiger charge is -1.94. The third-order valence-electron chi connectivity index (χ3n) is 2.10. The molecule has 0 aliphatic rings. The first-order chi connectivity index (χ1) is 7.81. The van der Waals surface area contributed by atoms with E-state index in [0.717, 1.165) is 11.3 Å². The van der Waals surface area contributed by atoms with Crippen LogP contribution in [0.15, 0.2) is 30.6 Å². The Morgan fingerprint density at radius 2 is 2.50 bits per heavy atom. The molecule has 0 amide bonds. The summed E-state index contributed by atoms with van der Waals surface area (Å²) in [5.41, 5.74) is 1.61. The van der Waals surface area contributed by atoms with Crippen molar-refractivity contribution in [2.24, 2.45) is 0 Å². The van der Waals surface area contributed by atoms with Gasteiger partial charge in [0.25, 0.3) is 0 Å². The van der Waals surface area contributed by atoms with Crippen LogP contribution in [0.3, 0.4) is 0 Å². The summed E-state index contributed by atoms with van der Waals surface area (Å²) in [7, 11) is 1.37. The van der Waals surface area contributed by atoms with E-state index in [0.29, 0.717) is 0 Å². The van der Waals surface area contributed by atoms with Crippen LogP contribution in [0, 0.1) is 0 Å². The van der Waals surface area contributed by atoms with Crippen molar-refractivity contribution in [3.8, 4) is 0 Å². The summed E-state index contributed by atoms with van der Waals surface area (Å²) in [6.45, 7) is 0. The summed E-state index contributed by atoms with van der Waals surface area (Å²) in [5.74, 6) is -0.266. The highest BCUT2D eigenvalue weighted by Crippen LogP contribution is 2.06. The van der Waals surface area contributed by atoms with Crippen molar-refractivity contribution in [2.75, 3.05) is 7.11 Å². The second kappa shape index (κ2) is 4.57. The maximum Gasteiger partial charge on any atom is 0.309 e. The molecule has 5 nitrogen and oxygen atoms in total. The zero-order chi connectivity index (χ0) is 11.4. The van der Waals surface area contributed by atoms with Gasteiger partial charge in [-0.2, -0.15) is 5.10 Å². The molecule has 0 radical (unpaired) electrons. The number of nitrogens with zero attached hydrogens (tertiary/aromatic N) is 3. The van der Waals surface area contributed by atoms with E-state index in [1.54, 1.807) is 29.1 Å². The minimum atomic E-state index is -0.266. The molecule has 2 aromatic heterocycles. The molecule has 0 saturated heterocycles. The highest BCUT2D eigenvalue weighted by Gasteiger charge is 2.00. The molecule has 0 N–H and O–H groups in total. The molecular formula is C11H11N3O2. The molecule has 0 aliphatic heterocycles. The quantitative estimate of drug-likeness (QED) is 0.727. The van der Waals surface area contributed by atoms with Gasteiger partial charge in [-0.25, -0.2) is 9.50 Å². The molecule has 0 unspecified atom stereocenters. The summed E-state index contributed by atoms with van der Waals surface area (Å²) >= 11 is 0. The lowest BCUT2D eigenvalue weighted by molar-refractivity contribution is -0.139. The summed E-state index contributed by atoms with van der Waals surface area (Å²) < 4.78 is 6.23. The first-order valence-corrected chi connectivity index (χ1v) is 4.83. The molecule has 0 atom stereocenters. The summed E-state index contributed by atoms with van der Waals surface area (Å²) in [6.07, 6.45) is 7.16. The SMILES string of the molecule is COC(=O)CC=Cc1cnc2cccnn12. The van der Waals surface area contributed by atoms with Gasteiger partial charge in [0, 0.05) is 6.20 Å². The Bertz CT molecular complexity index is 531. The number of fused-ring (bicyclic) bond motifs is 1. The number of imidazole rings is 1. The molecule has 0 spiro atoms. The number of aromatic nitrogens is 3. The number of methoxy groups -OCH3 is 1. The fourth-order valence-electron chi connectivity index (χ4n) is 1.32. The average Bonchev–Trinajstić information content (AvgIpc) is 2.73. The summed E-state index contributed by atoms with van der Waals surface area (Å²) in [5, 5.41) is 4.15. The van der Waals surface area contributed by atoms with Gasteiger partial charge in [0.05, 0.1) is 25.4 Å². The highest BCUT2D eigenvalue weighted by molar-refractivity contribution is 5.72. The molecule has 2 aromatic rings. The van der Waals surface area contributed by atoms with E-state index in [-0.39, 0.29) is 12.4 Å². The normalized spacial score (nSPS) is 11.1. The van der Waals surface area contributed by atoms with Gasteiger partial charge in [-0.15, -0.1) is 0 Å². The minimum Gasteiger partial charge on any atom is -0.469 e. The minimum absolute atomic E-state index is 0.247. The van der Waals surface area contributed by atoms with E-state index >= 15 is 0 Å². The monoisotopic (exact) mass is 217 g/mol. The maximum absolute atomic E-state index is 10.9. The Kier molecular flexibility index (Phi) is 2.95. The van der Waals surface area contributed by atoms with E-state index in [1.165, 1.54) is 7.11 Å². The standard InChI is InChI=1S/C11H11N3O2/c1-16-11(15)6-2-4-9-8-12-10-5-3-7-13-14(9)10/h2-5,7-8H,6H2,1H3. The van der Waals surface area contributed by atoms with E-state index in [4.69, 9.17) is 0 Å². The number of carbonyl (C=O) groups excluding carboxylic acids is 1. The van der Waals surface area contributed by atoms with Gasteiger partial charge in [0.15, 0.2) is 5.65 Å². The first kappa shape index (κ1) is 10.4. The third-order valence-corrected chi connectivity index (χ3v) is 2.10. The molecule has 16 heavy (non-hydrogen) atoms. The van der Waals surface area contributed by atoms with E-state index in [9.17, 15) is 4.79 Å². The molecule has 82 valence electrons. The van der Waals surface area contributed by atoms with Crippen LogP contribution in [0.4, 0.5) is 0 Å². The van der Waals surface area contributed by atoms with Gasteiger partial charge in [0.1, 0.15) is 0 Å². The smallest absolute Gasteiger partial charge is 0.309 e. The Labute approximate surface area is 92.4 Å². The van der Waals surface area contributed by atoms with Gasteiger partial charge < -0.3 is 4.74 Å². The summed E-state index contributed by atoms with van der Waals surface area (Å²) in [4.78, 5) is 15.1. The Morgan fingerprint density at radius 3 is 3.31 bits per heavy atom. The van der Waals surface area contributed by atoms with Crippen LogP contribution in [-0.2, 0) is 9.53 Å². The zero-order valence-electron chi connectivity index (χ0n) is 8.83. The largest absolute Gasteiger partial charge is 0.469 e.